The second-order valence-electron chi connectivity index (χ2n) is 3.49. The van der Waals surface area contributed by atoms with Crippen LogP contribution >= 0.6 is 27.7 Å². The average Bonchev–Trinajstić information content (AvgIpc) is 2.25. The summed E-state index contributed by atoms with van der Waals surface area (Å²) >= 11 is 2.47. The van der Waals surface area contributed by atoms with Gasteiger partial charge in [0.25, 0.3) is 5.69 Å². The highest BCUT2D eigenvalue weighted by Gasteiger charge is 2.30. The lowest BCUT2D eigenvalue weighted by molar-refractivity contribution is -0.385. The van der Waals surface area contributed by atoms with Crippen molar-refractivity contribution in [3.8, 4) is 0 Å². The predicted molar refractivity (Wildman–Crippen MR) is 67.5 cm³/mol. The zero-order valence-electron chi connectivity index (χ0n) is 9.24. The van der Waals surface area contributed by atoms with Gasteiger partial charge in [0.2, 0.25) is 0 Å². The lowest BCUT2D eigenvalue weighted by Gasteiger charge is -2.07. The molecule has 0 fully saturated rings. The Morgan fingerprint density at radius 1 is 1.37 bits per heavy atom. The Kier molecular flexibility index (Phi) is 5.36. The number of nitrogens with zero attached hydrogens (tertiary/aromatic N) is 1. The van der Waals surface area contributed by atoms with Crippen LogP contribution in [0.4, 0.5) is 18.9 Å². The number of benzene rings is 1. The maximum Gasteiger partial charge on any atom is 0.446 e. The second-order valence-corrected chi connectivity index (χ2v) is 5.19. The molecule has 1 rings (SSSR count). The van der Waals surface area contributed by atoms with E-state index in [0.717, 1.165) is 18.2 Å². The maximum absolute atomic E-state index is 12.3. The van der Waals surface area contributed by atoms with Crippen molar-refractivity contribution in [3.63, 3.8) is 0 Å². The monoisotopic (exact) mass is 357 g/mol. The van der Waals surface area contributed by atoms with Crippen LogP contribution in [0.5, 0.6) is 0 Å². The van der Waals surface area contributed by atoms with Gasteiger partial charge in [-0.2, -0.15) is 13.2 Å². The van der Waals surface area contributed by atoms with E-state index < -0.39 is 27.9 Å². The number of rotatable bonds is 5. The number of hydrogen-bond acceptors (Lipinski definition) is 4. The van der Waals surface area contributed by atoms with Gasteiger partial charge >= 0.3 is 5.51 Å². The van der Waals surface area contributed by atoms with Crippen LogP contribution in [0.3, 0.4) is 0 Å². The minimum absolute atomic E-state index is 0.0391. The first kappa shape index (κ1) is 16.0. The van der Waals surface area contributed by atoms with E-state index >= 15 is 0 Å². The molecule has 0 unspecified atom stereocenters. The van der Waals surface area contributed by atoms with Gasteiger partial charge in [0, 0.05) is 23.4 Å². The van der Waals surface area contributed by atoms with Crippen LogP contribution < -0.4 is 0 Å². The summed E-state index contributed by atoms with van der Waals surface area (Å²) in [6.07, 6.45) is -0.154. The molecule has 0 saturated carbocycles. The van der Waals surface area contributed by atoms with E-state index in [-0.39, 0.29) is 28.0 Å². The first-order valence-electron chi connectivity index (χ1n) is 4.83. The van der Waals surface area contributed by atoms with Crippen LogP contribution in [0.15, 0.2) is 23.1 Å². The summed E-state index contributed by atoms with van der Waals surface area (Å²) in [4.78, 5) is 20.8. The highest BCUT2D eigenvalue weighted by Crippen LogP contribution is 2.38. The maximum atomic E-state index is 12.3. The van der Waals surface area contributed by atoms with Crippen molar-refractivity contribution in [3.05, 3.63) is 33.9 Å². The Hall–Kier alpha value is -1.09. The number of alkyl halides is 4. The molecule has 0 aliphatic heterocycles. The lowest BCUT2D eigenvalue weighted by atomic mass is 10.1. The molecule has 0 heterocycles. The molecule has 104 valence electrons. The number of carbonyl (C=O) groups is 1. The van der Waals surface area contributed by atoms with Gasteiger partial charge < -0.3 is 0 Å². The number of carbonyl (C=O) groups excluding carboxylic acids is 1. The van der Waals surface area contributed by atoms with Gasteiger partial charge in [-0.25, -0.2) is 0 Å². The third kappa shape index (κ3) is 5.60. The third-order valence-corrected chi connectivity index (χ3v) is 3.27. The molecule has 1 aromatic carbocycles. The highest BCUT2D eigenvalue weighted by atomic mass is 79.9. The van der Waals surface area contributed by atoms with Gasteiger partial charge in [-0.1, -0.05) is 15.9 Å². The van der Waals surface area contributed by atoms with E-state index in [9.17, 15) is 28.1 Å². The minimum atomic E-state index is -4.54. The summed E-state index contributed by atoms with van der Waals surface area (Å²) in [6, 6.07) is 3.06. The van der Waals surface area contributed by atoms with Crippen LogP contribution in [-0.4, -0.2) is 21.5 Å². The van der Waals surface area contributed by atoms with Crippen molar-refractivity contribution < 1.29 is 22.9 Å². The van der Waals surface area contributed by atoms with Crippen LogP contribution in [0, 0.1) is 10.1 Å². The topological polar surface area (TPSA) is 60.2 Å². The van der Waals surface area contributed by atoms with E-state index in [2.05, 4.69) is 15.9 Å². The van der Waals surface area contributed by atoms with Gasteiger partial charge in [-0.05, 0) is 23.4 Å². The highest BCUT2D eigenvalue weighted by molar-refractivity contribution is 9.09. The normalized spacial score (nSPS) is 11.4. The molecule has 19 heavy (non-hydrogen) atoms. The minimum Gasteiger partial charge on any atom is -0.298 e. The zero-order valence-corrected chi connectivity index (χ0v) is 11.6. The van der Waals surface area contributed by atoms with Gasteiger partial charge in [0.1, 0.15) is 5.78 Å². The zero-order chi connectivity index (χ0) is 14.6. The molecule has 4 nitrogen and oxygen atoms in total. The van der Waals surface area contributed by atoms with E-state index in [4.69, 9.17) is 0 Å². The molecular weight excluding hydrogens is 351 g/mol. The first-order valence-corrected chi connectivity index (χ1v) is 6.77. The molecule has 0 aliphatic carbocycles. The number of non-ortho nitro benzene ring substituents is 1. The quantitative estimate of drug-likeness (QED) is 0.348. The number of nitro groups is 1. The van der Waals surface area contributed by atoms with Crippen LogP contribution in [-0.2, 0) is 11.2 Å². The number of thioether (sulfide) groups is 1. The fraction of sp³-hybridized carbons (Fsp3) is 0.300. The lowest BCUT2D eigenvalue weighted by Crippen LogP contribution is -2.05. The summed E-state index contributed by atoms with van der Waals surface area (Å²) < 4.78 is 36.8. The summed E-state index contributed by atoms with van der Waals surface area (Å²) in [5, 5.41) is 10.7. The van der Waals surface area contributed by atoms with Gasteiger partial charge in [0.15, 0.2) is 0 Å². The molecule has 1 aromatic rings. The van der Waals surface area contributed by atoms with Crippen LogP contribution in [0.25, 0.3) is 0 Å². The Balaban J connectivity index is 3.10. The Morgan fingerprint density at radius 3 is 2.47 bits per heavy atom. The van der Waals surface area contributed by atoms with E-state index in [1.165, 1.54) is 0 Å². The molecular formula is C10H7BrF3NO3S. The summed E-state index contributed by atoms with van der Waals surface area (Å²) in [5.41, 5.74) is -4.82. The molecule has 0 spiro atoms. The molecule has 0 amide bonds. The standard InChI is InChI=1S/C10H7BrF3NO3S/c11-5-8(16)2-6-1-7(15(17)18)4-9(3-6)19-10(12,13)14/h1,3-4H,2,5H2. The molecule has 0 aromatic heterocycles. The molecule has 0 N–H and O–H groups in total. The second kappa shape index (κ2) is 6.38. The number of nitro benzene ring substituents is 1. The first-order chi connectivity index (χ1) is 8.71. The van der Waals surface area contributed by atoms with Crippen molar-refractivity contribution in [2.75, 3.05) is 5.33 Å². The van der Waals surface area contributed by atoms with Crippen molar-refractivity contribution >= 4 is 39.2 Å². The number of Topliss-reactive ketones (excluding diaryl/α,β-unsaturated/α-hetero) is 1. The summed E-state index contributed by atoms with van der Waals surface area (Å²) in [6.45, 7) is 0. The van der Waals surface area contributed by atoms with E-state index in [0.29, 0.717) is 0 Å². The van der Waals surface area contributed by atoms with E-state index in [1.54, 1.807) is 0 Å². The molecule has 0 aliphatic rings. The van der Waals surface area contributed by atoms with Crippen LogP contribution in [0.1, 0.15) is 5.56 Å². The van der Waals surface area contributed by atoms with Crippen molar-refractivity contribution in [2.45, 2.75) is 16.8 Å². The van der Waals surface area contributed by atoms with Crippen LogP contribution in [0.2, 0.25) is 0 Å². The van der Waals surface area contributed by atoms with Gasteiger partial charge in [-0.3, -0.25) is 14.9 Å². The van der Waals surface area contributed by atoms with Gasteiger partial charge in [0.05, 0.1) is 10.3 Å². The molecule has 0 bridgehead atoms. The molecule has 0 saturated heterocycles. The van der Waals surface area contributed by atoms with Crippen molar-refractivity contribution in [2.24, 2.45) is 0 Å². The Bertz CT molecular complexity index is 507. The SMILES string of the molecule is O=C(CBr)Cc1cc(SC(F)(F)F)cc([N+](=O)[O-])c1. The van der Waals surface area contributed by atoms with Crippen molar-refractivity contribution in [1.82, 2.24) is 0 Å². The third-order valence-electron chi connectivity index (χ3n) is 1.95. The molecule has 0 atom stereocenters. The summed E-state index contributed by atoms with van der Waals surface area (Å²) in [5.74, 6) is -0.275. The predicted octanol–water partition coefficient (Wildman–Crippen LogP) is 3.71. The number of hydrogen-bond donors (Lipinski definition) is 0. The smallest absolute Gasteiger partial charge is 0.298 e. The number of halogens is 4. The fourth-order valence-electron chi connectivity index (χ4n) is 1.32. The molecule has 9 heteroatoms. The van der Waals surface area contributed by atoms with Crippen molar-refractivity contribution in [1.29, 1.82) is 0 Å². The van der Waals surface area contributed by atoms with E-state index in [1.807, 2.05) is 0 Å². The fourth-order valence-corrected chi connectivity index (χ4v) is 2.17. The Labute approximate surface area is 118 Å². The number of ketones is 1. The largest absolute Gasteiger partial charge is 0.446 e. The summed E-state index contributed by atoms with van der Waals surface area (Å²) in [7, 11) is 0. The average molecular weight is 358 g/mol. The van der Waals surface area contributed by atoms with Gasteiger partial charge in [-0.15, -0.1) is 0 Å². The molecule has 0 radical (unpaired) electrons. The Morgan fingerprint density at radius 2 is 2.00 bits per heavy atom.